The van der Waals surface area contributed by atoms with Crippen LogP contribution in [0.25, 0.3) is 22.0 Å². The number of aryl methyl sites for hydroxylation is 1. The van der Waals surface area contributed by atoms with Gasteiger partial charge in [-0.25, -0.2) is 0 Å². The Morgan fingerprint density at radius 2 is 1.73 bits per heavy atom. The maximum absolute atomic E-state index is 6.28. The highest BCUT2D eigenvalue weighted by Gasteiger charge is 2.34. The second kappa shape index (κ2) is 6.40. The molecule has 1 N–H and O–H groups in total. The average molecular weight is 344 g/mol. The van der Waals surface area contributed by atoms with E-state index in [1.165, 1.54) is 34.9 Å². The Balaban J connectivity index is 1.37. The SMILES string of the molecule is Cc1c(-c2ccc(OC3CC4CCC(C3)N4)cc2)ccc2cccnc12. The predicted molar refractivity (Wildman–Crippen MR) is 106 cm³/mol. The molecule has 2 saturated heterocycles. The zero-order valence-corrected chi connectivity index (χ0v) is 15.1. The fraction of sp³-hybridized carbons (Fsp3) is 0.348. The lowest BCUT2D eigenvalue weighted by Gasteiger charge is -2.29. The van der Waals surface area contributed by atoms with Gasteiger partial charge in [-0.1, -0.05) is 30.3 Å². The van der Waals surface area contributed by atoms with Gasteiger partial charge in [-0.15, -0.1) is 0 Å². The Morgan fingerprint density at radius 1 is 0.962 bits per heavy atom. The molecule has 3 heteroatoms. The van der Waals surface area contributed by atoms with Crippen molar-refractivity contribution in [3.63, 3.8) is 0 Å². The van der Waals surface area contributed by atoms with E-state index in [-0.39, 0.29) is 0 Å². The van der Waals surface area contributed by atoms with E-state index in [1.807, 2.05) is 12.3 Å². The lowest BCUT2D eigenvalue weighted by Crippen LogP contribution is -2.42. The van der Waals surface area contributed by atoms with E-state index in [0.717, 1.165) is 24.1 Å². The fourth-order valence-electron chi connectivity index (χ4n) is 4.61. The minimum atomic E-state index is 0.353. The van der Waals surface area contributed by atoms with Crippen molar-refractivity contribution in [2.75, 3.05) is 0 Å². The molecule has 2 atom stereocenters. The number of rotatable bonds is 3. The molecule has 2 aliphatic rings. The molecular weight excluding hydrogens is 320 g/mol. The Bertz CT molecular complexity index is 923. The van der Waals surface area contributed by atoms with Crippen LogP contribution in [0.15, 0.2) is 54.7 Å². The Kier molecular flexibility index (Phi) is 3.90. The molecule has 0 radical (unpaired) electrons. The fourth-order valence-corrected chi connectivity index (χ4v) is 4.61. The van der Waals surface area contributed by atoms with Crippen molar-refractivity contribution >= 4 is 10.9 Å². The summed E-state index contributed by atoms with van der Waals surface area (Å²) in [5.74, 6) is 0.983. The van der Waals surface area contributed by atoms with Crippen LogP contribution in [-0.2, 0) is 0 Å². The van der Waals surface area contributed by atoms with E-state index in [2.05, 4.69) is 59.7 Å². The number of aromatic nitrogens is 1. The van der Waals surface area contributed by atoms with Gasteiger partial charge in [-0.05, 0) is 67.5 Å². The largest absolute Gasteiger partial charge is 0.490 e. The molecule has 0 saturated carbocycles. The standard InChI is InChI=1S/C23H24N2O/c1-15-22(11-6-17-3-2-12-24-23(15)17)16-4-9-20(10-5-16)26-21-13-18-7-8-19(14-21)25-18/h2-6,9-12,18-19,21,25H,7-8,13-14H2,1H3. The molecule has 132 valence electrons. The first-order valence-corrected chi connectivity index (χ1v) is 9.64. The summed E-state index contributed by atoms with van der Waals surface area (Å²) in [5.41, 5.74) is 4.76. The summed E-state index contributed by atoms with van der Waals surface area (Å²) in [7, 11) is 0. The molecule has 2 aromatic carbocycles. The van der Waals surface area contributed by atoms with Crippen molar-refractivity contribution in [1.29, 1.82) is 0 Å². The van der Waals surface area contributed by atoms with Crippen LogP contribution < -0.4 is 10.1 Å². The average Bonchev–Trinajstić information content (AvgIpc) is 3.01. The normalized spacial score (nSPS) is 24.7. The molecular formula is C23H24N2O. The highest BCUT2D eigenvalue weighted by Crippen LogP contribution is 2.32. The van der Waals surface area contributed by atoms with Crippen molar-refractivity contribution < 1.29 is 4.74 Å². The van der Waals surface area contributed by atoms with Gasteiger partial charge in [0.15, 0.2) is 0 Å². The first-order chi connectivity index (χ1) is 12.8. The summed E-state index contributed by atoms with van der Waals surface area (Å²) < 4.78 is 6.28. The van der Waals surface area contributed by atoms with Crippen LogP contribution in [0.2, 0.25) is 0 Å². The monoisotopic (exact) mass is 344 g/mol. The molecule has 2 aliphatic heterocycles. The number of ether oxygens (including phenoxy) is 1. The Labute approximate surface area is 154 Å². The van der Waals surface area contributed by atoms with Crippen molar-refractivity contribution in [3.05, 3.63) is 60.3 Å². The lowest BCUT2D eigenvalue weighted by molar-refractivity contribution is 0.137. The summed E-state index contributed by atoms with van der Waals surface area (Å²) in [5, 5.41) is 4.86. The van der Waals surface area contributed by atoms with Crippen LogP contribution in [0.4, 0.5) is 0 Å². The van der Waals surface area contributed by atoms with Crippen molar-refractivity contribution in [2.45, 2.75) is 50.8 Å². The molecule has 0 spiro atoms. The number of nitrogens with one attached hydrogen (secondary N) is 1. The highest BCUT2D eigenvalue weighted by molar-refractivity contribution is 5.88. The molecule has 2 fully saturated rings. The molecule has 2 unspecified atom stereocenters. The number of nitrogens with zero attached hydrogens (tertiary/aromatic N) is 1. The van der Waals surface area contributed by atoms with Crippen molar-refractivity contribution in [1.82, 2.24) is 10.3 Å². The number of hydrogen-bond donors (Lipinski definition) is 1. The first kappa shape index (κ1) is 15.8. The van der Waals surface area contributed by atoms with Crippen LogP contribution in [0.5, 0.6) is 5.75 Å². The lowest BCUT2D eigenvalue weighted by atomic mass is 9.97. The number of pyridine rings is 1. The van der Waals surface area contributed by atoms with Gasteiger partial charge < -0.3 is 10.1 Å². The van der Waals surface area contributed by atoms with Crippen LogP contribution in [0, 0.1) is 6.92 Å². The minimum Gasteiger partial charge on any atom is -0.490 e. The third-order valence-electron chi connectivity index (χ3n) is 5.93. The first-order valence-electron chi connectivity index (χ1n) is 9.64. The molecule has 1 aromatic heterocycles. The van der Waals surface area contributed by atoms with E-state index in [0.29, 0.717) is 18.2 Å². The maximum atomic E-state index is 6.28. The molecule has 5 rings (SSSR count). The van der Waals surface area contributed by atoms with E-state index in [4.69, 9.17) is 4.74 Å². The van der Waals surface area contributed by atoms with Gasteiger partial charge in [0.25, 0.3) is 0 Å². The zero-order chi connectivity index (χ0) is 17.5. The molecule has 3 nitrogen and oxygen atoms in total. The third kappa shape index (κ3) is 2.86. The smallest absolute Gasteiger partial charge is 0.119 e. The Hall–Kier alpha value is -2.39. The van der Waals surface area contributed by atoms with E-state index in [1.54, 1.807) is 0 Å². The molecule has 0 aliphatic carbocycles. The minimum absolute atomic E-state index is 0.353. The molecule has 0 amide bonds. The summed E-state index contributed by atoms with van der Waals surface area (Å²) in [6.07, 6.45) is 7.09. The topological polar surface area (TPSA) is 34.1 Å². The van der Waals surface area contributed by atoms with E-state index < -0.39 is 0 Å². The van der Waals surface area contributed by atoms with Gasteiger partial charge in [-0.3, -0.25) is 4.98 Å². The van der Waals surface area contributed by atoms with Gasteiger partial charge in [0.05, 0.1) is 5.52 Å². The van der Waals surface area contributed by atoms with Crippen LogP contribution >= 0.6 is 0 Å². The summed E-state index contributed by atoms with van der Waals surface area (Å²) >= 11 is 0. The third-order valence-corrected chi connectivity index (χ3v) is 5.93. The van der Waals surface area contributed by atoms with Gasteiger partial charge in [-0.2, -0.15) is 0 Å². The number of piperidine rings is 1. The van der Waals surface area contributed by atoms with Gasteiger partial charge in [0.1, 0.15) is 11.9 Å². The van der Waals surface area contributed by atoms with E-state index in [9.17, 15) is 0 Å². The van der Waals surface area contributed by atoms with Gasteiger partial charge >= 0.3 is 0 Å². The van der Waals surface area contributed by atoms with Crippen LogP contribution in [0.3, 0.4) is 0 Å². The zero-order valence-electron chi connectivity index (χ0n) is 15.1. The number of benzene rings is 2. The Morgan fingerprint density at radius 3 is 2.50 bits per heavy atom. The van der Waals surface area contributed by atoms with Gasteiger partial charge in [0, 0.05) is 23.7 Å². The van der Waals surface area contributed by atoms with Crippen LogP contribution in [0.1, 0.15) is 31.2 Å². The maximum Gasteiger partial charge on any atom is 0.119 e. The van der Waals surface area contributed by atoms with Gasteiger partial charge in [0.2, 0.25) is 0 Å². The summed E-state index contributed by atoms with van der Waals surface area (Å²) in [4.78, 5) is 4.55. The molecule has 2 bridgehead atoms. The van der Waals surface area contributed by atoms with Crippen molar-refractivity contribution in [2.24, 2.45) is 0 Å². The second-order valence-corrected chi connectivity index (χ2v) is 7.69. The second-order valence-electron chi connectivity index (χ2n) is 7.69. The summed E-state index contributed by atoms with van der Waals surface area (Å²) in [6, 6.07) is 18.3. The molecule has 26 heavy (non-hydrogen) atoms. The highest BCUT2D eigenvalue weighted by atomic mass is 16.5. The number of fused-ring (bicyclic) bond motifs is 3. The molecule has 3 heterocycles. The quantitative estimate of drug-likeness (QED) is 0.736. The van der Waals surface area contributed by atoms with Crippen LogP contribution in [-0.4, -0.2) is 23.2 Å². The number of hydrogen-bond acceptors (Lipinski definition) is 3. The predicted octanol–water partition coefficient (Wildman–Crippen LogP) is 4.87. The van der Waals surface area contributed by atoms with E-state index >= 15 is 0 Å². The molecule has 3 aromatic rings. The summed E-state index contributed by atoms with van der Waals surface area (Å²) in [6.45, 7) is 2.15. The van der Waals surface area contributed by atoms with Crippen molar-refractivity contribution in [3.8, 4) is 16.9 Å².